The lowest BCUT2D eigenvalue weighted by Crippen LogP contribution is -2.34. The molecule has 0 radical (unpaired) electrons. The number of oxime groups is 1. The van der Waals surface area contributed by atoms with E-state index in [0.717, 1.165) is 43.0 Å². The number of likely N-dealkylation sites (tertiary alicyclic amines) is 1. The molecular formula is C28H33ClFN5O4. The number of hydrogen-bond acceptors (Lipinski definition) is 7. The highest BCUT2D eigenvalue weighted by Gasteiger charge is 2.43. The lowest BCUT2D eigenvalue weighted by Gasteiger charge is -2.32. The Balaban J connectivity index is 1.27. The molecule has 2 aromatic carbocycles. The van der Waals surface area contributed by atoms with E-state index in [-0.39, 0.29) is 11.8 Å². The van der Waals surface area contributed by atoms with Gasteiger partial charge in [0, 0.05) is 43.1 Å². The normalized spacial score (nSPS) is 20.1. The molecule has 1 saturated heterocycles. The van der Waals surface area contributed by atoms with E-state index in [1.807, 2.05) is 12.1 Å². The number of halogens is 2. The van der Waals surface area contributed by atoms with Crippen molar-refractivity contribution < 1.29 is 23.8 Å². The van der Waals surface area contributed by atoms with Gasteiger partial charge in [-0.15, -0.1) is 0 Å². The molecule has 3 N–H and O–H groups in total. The molecular weight excluding hydrogens is 525 g/mol. The molecule has 9 nitrogen and oxygen atoms in total. The molecule has 2 aliphatic heterocycles. The Hall–Kier alpha value is -3.34. The van der Waals surface area contributed by atoms with E-state index in [1.165, 1.54) is 6.07 Å². The summed E-state index contributed by atoms with van der Waals surface area (Å²) in [7, 11) is 1.66. The van der Waals surface area contributed by atoms with Crippen molar-refractivity contribution in [1.29, 1.82) is 0 Å². The molecule has 3 aromatic rings. The predicted octanol–water partition coefficient (Wildman–Crippen LogP) is 4.63. The summed E-state index contributed by atoms with van der Waals surface area (Å²) in [5, 5.41) is 12.4. The first-order valence-electron chi connectivity index (χ1n) is 13.0. The van der Waals surface area contributed by atoms with Crippen LogP contribution in [0.2, 0.25) is 5.02 Å². The number of benzene rings is 2. The molecule has 0 saturated carbocycles. The fraction of sp³-hybridized carbons (Fsp3) is 0.429. The summed E-state index contributed by atoms with van der Waals surface area (Å²) in [4.78, 5) is 7.01. The molecule has 1 atom stereocenters. The van der Waals surface area contributed by atoms with E-state index >= 15 is 0 Å². The van der Waals surface area contributed by atoms with Crippen molar-refractivity contribution in [2.24, 2.45) is 10.9 Å². The first kappa shape index (κ1) is 27.2. The molecule has 1 fully saturated rings. The Bertz CT molecular complexity index is 1360. The summed E-state index contributed by atoms with van der Waals surface area (Å²) in [6, 6.07) is 10.4. The van der Waals surface area contributed by atoms with Crippen LogP contribution >= 0.6 is 11.6 Å². The Labute approximate surface area is 231 Å². The fourth-order valence-electron chi connectivity index (χ4n) is 5.44. The largest absolute Gasteiger partial charge is 0.444 e. The van der Waals surface area contributed by atoms with Crippen LogP contribution in [-0.2, 0) is 30.0 Å². The van der Waals surface area contributed by atoms with Gasteiger partial charge in [0.25, 0.3) is 5.79 Å². The number of methoxy groups -OCH3 is 1. The molecule has 1 aromatic heterocycles. The molecule has 39 heavy (non-hydrogen) atoms. The van der Waals surface area contributed by atoms with E-state index < -0.39 is 11.6 Å². The third-order valence-corrected chi connectivity index (χ3v) is 7.69. The molecule has 5 rings (SSSR count). The molecule has 1 unspecified atom stereocenters. The highest BCUT2D eigenvalue weighted by atomic mass is 35.5. The third-order valence-electron chi connectivity index (χ3n) is 7.45. The van der Waals surface area contributed by atoms with Crippen molar-refractivity contribution >= 4 is 17.4 Å². The number of nitrogens with zero attached hydrogens (tertiary/aromatic N) is 4. The number of hydrogen-bond donors (Lipinski definition) is 2. The standard InChI is InChI=1S/C28H33ClFN5O4/c1-28(22-7-6-19(29)14-23(22)30)38-24-5-3-4-21(27(24)39-28)18-8-10-34(11-9-18)17-26-32-16-20(15-25(31)33-36)35(26)12-13-37-2/h3-7,14,16,18,36H,8-13,15,17H2,1-2H3,(H2,31,33). The van der Waals surface area contributed by atoms with Crippen molar-refractivity contribution in [3.63, 3.8) is 0 Å². The predicted molar refractivity (Wildman–Crippen MR) is 145 cm³/mol. The zero-order valence-corrected chi connectivity index (χ0v) is 22.8. The Morgan fingerprint density at radius 2 is 2.08 bits per heavy atom. The number of ether oxygens (including phenoxy) is 3. The van der Waals surface area contributed by atoms with Crippen LogP contribution in [0.15, 0.2) is 47.8 Å². The molecule has 208 valence electrons. The topological polar surface area (TPSA) is 107 Å². The number of imidazole rings is 1. The molecule has 2 aliphatic rings. The van der Waals surface area contributed by atoms with Gasteiger partial charge in [0.2, 0.25) is 0 Å². The van der Waals surface area contributed by atoms with E-state index in [1.54, 1.807) is 32.4 Å². The van der Waals surface area contributed by atoms with Crippen LogP contribution in [0.4, 0.5) is 4.39 Å². The summed E-state index contributed by atoms with van der Waals surface area (Å²) in [5.41, 5.74) is 8.00. The van der Waals surface area contributed by atoms with Crippen molar-refractivity contribution in [1.82, 2.24) is 14.5 Å². The van der Waals surface area contributed by atoms with Gasteiger partial charge in [-0.2, -0.15) is 0 Å². The van der Waals surface area contributed by atoms with Crippen LogP contribution in [0.3, 0.4) is 0 Å². The summed E-state index contributed by atoms with van der Waals surface area (Å²) in [5.74, 6) is 0.893. The maximum absolute atomic E-state index is 14.7. The summed E-state index contributed by atoms with van der Waals surface area (Å²) < 4.78 is 34.6. The molecule has 0 amide bonds. The van der Waals surface area contributed by atoms with Gasteiger partial charge < -0.3 is 29.7 Å². The first-order valence-corrected chi connectivity index (χ1v) is 13.4. The van der Waals surface area contributed by atoms with Gasteiger partial charge in [-0.3, -0.25) is 4.90 Å². The average Bonchev–Trinajstić information content (AvgIpc) is 3.47. The minimum Gasteiger partial charge on any atom is -0.444 e. The van der Waals surface area contributed by atoms with Crippen LogP contribution in [-0.4, -0.2) is 52.3 Å². The minimum atomic E-state index is -1.27. The lowest BCUT2D eigenvalue weighted by molar-refractivity contribution is -0.0712. The van der Waals surface area contributed by atoms with Gasteiger partial charge in [0.1, 0.15) is 17.5 Å². The first-order chi connectivity index (χ1) is 18.8. The average molecular weight is 558 g/mol. The van der Waals surface area contributed by atoms with Gasteiger partial charge in [0.05, 0.1) is 25.1 Å². The lowest BCUT2D eigenvalue weighted by atomic mass is 9.88. The van der Waals surface area contributed by atoms with Crippen LogP contribution in [0.25, 0.3) is 0 Å². The summed E-state index contributed by atoms with van der Waals surface area (Å²) in [6.07, 6.45) is 3.96. The highest BCUT2D eigenvalue weighted by Crippen LogP contribution is 2.49. The number of amidine groups is 1. The van der Waals surface area contributed by atoms with Crippen molar-refractivity contribution in [3.8, 4) is 11.5 Å². The SMILES string of the molecule is COCCn1c(C/C(N)=N/O)cnc1CN1CCC(c2cccc3c2OC(C)(c2ccc(Cl)cc2F)O3)CC1. The summed E-state index contributed by atoms with van der Waals surface area (Å²) in [6.45, 7) is 5.35. The molecule has 3 heterocycles. The van der Waals surface area contributed by atoms with Gasteiger partial charge in [-0.1, -0.05) is 28.9 Å². The maximum Gasteiger partial charge on any atom is 0.278 e. The zero-order chi connectivity index (χ0) is 27.6. The van der Waals surface area contributed by atoms with Gasteiger partial charge >= 0.3 is 0 Å². The summed E-state index contributed by atoms with van der Waals surface area (Å²) >= 11 is 5.95. The van der Waals surface area contributed by atoms with E-state index in [2.05, 4.69) is 25.7 Å². The number of para-hydroxylation sites is 1. The Morgan fingerprint density at radius 1 is 1.28 bits per heavy atom. The molecule has 0 bridgehead atoms. The van der Waals surface area contributed by atoms with Gasteiger partial charge in [-0.05, 0) is 56.1 Å². The second-order valence-electron chi connectivity index (χ2n) is 10.1. The zero-order valence-electron chi connectivity index (χ0n) is 22.1. The van der Waals surface area contributed by atoms with E-state index in [0.29, 0.717) is 48.2 Å². The minimum absolute atomic E-state index is 0.137. The third kappa shape index (κ3) is 5.68. The monoisotopic (exact) mass is 557 g/mol. The Morgan fingerprint density at radius 3 is 2.79 bits per heavy atom. The number of fused-ring (bicyclic) bond motifs is 1. The van der Waals surface area contributed by atoms with Crippen LogP contribution in [0.5, 0.6) is 11.5 Å². The van der Waals surface area contributed by atoms with E-state index in [4.69, 9.17) is 36.8 Å². The van der Waals surface area contributed by atoms with Gasteiger partial charge in [0.15, 0.2) is 11.5 Å². The fourth-order valence-corrected chi connectivity index (χ4v) is 5.60. The number of nitrogens with two attached hydrogens (primary N) is 1. The van der Waals surface area contributed by atoms with Crippen molar-refractivity contribution in [2.75, 3.05) is 26.8 Å². The van der Waals surface area contributed by atoms with Crippen LogP contribution < -0.4 is 15.2 Å². The quantitative estimate of drug-likeness (QED) is 0.171. The van der Waals surface area contributed by atoms with Crippen molar-refractivity contribution in [2.45, 2.75) is 51.0 Å². The van der Waals surface area contributed by atoms with E-state index in [9.17, 15) is 4.39 Å². The van der Waals surface area contributed by atoms with Crippen molar-refractivity contribution in [3.05, 3.63) is 76.1 Å². The second kappa shape index (κ2) is 11.4. The number of rotatable bonds is 9. The molecule has 0 spiro atoms. The second-order valence-corrected chi connectivity index (χ2v) is 10.5. The number of piperidine rings is 1. The smallest absolute Gasteiger partial charge is 0.278 e. The number of aromatic nitrogens is 2. The molecule has 11 heteroatoms. The molecule has 0 aliphatic carbocycles. The van der Waals surface area contributed by atoms with Crippen LogP contribution in [0, 0.1) is 5.82 Å². The highest BCUT2D eigenvalue weighted by molar-refractivity contribution is 6.30. The Kier molecular flexibility index (Phi) is 7.97. The maximum atomic E-state index is 14.7. The van der Waals surface area contributed by atoms with Gasteiger partial charge in [-0.25, -0.2) is 9.37 Å². The van der Waals surface area contributed by atoms with Crippen LogP contribution in [0.1, 0.15) is 48.3 Å².